The highest BCUT2D eigenvalue weighted by Crippen LogP contribution is 2.07. The van der Waals surface area contributed by atoms with Crippen LogP contribution in [0.4, 0.5) is 0 Å². The standard InChI is InChI=1S/C13H20N2/c1-12-7-9-15(10-8-14-12)11-13-5-3-2-4-6-13/h2-6,12,14H,7-11H2,1H3. The van der Waals surface area contributed by atoms with Gasteiger partial charge in [0.15, 0.2) is 0 Å². The maximum absolute atomic E-state index is 3.52. The third-order valence-electron chi connectivity index (χ3n) is 3.05. The number of nitrogens with one attached hydrogen (secondary N) is 1. The molecule has 1 aliphatic rings. The van der Waals surface area contributed by atoms with Gasteiger partial charge in [0.2, 0.25) is 0 Å². The smallest absolute Gasteiger partial charge is 0.0234 e. The van der Waals surface area contributed by atoms with Gasteiger partial charge < -0.3 is 5.32 Å². The van der Waals surface area contributed by atoms with Gasteiger partial charge in [0.25, 0.3) is 0 Å². The van der Waals surface area contributed by atoms with Crippen molar-refractivity contribution >= 4 is 0 Å². The van der Waals surface area contributed by atoms with Crippen LogP contribution in [0.1, 0.15) is 18.9 Å². The average molecular weight is 204 g/mol. The summed E-state index contributed by atoms with van der Waals surface area (Å²) >= 11 is 0. The predicted molar refractivity (Wildman–Crippen MR) is 63.8 cm³/mol. The van der Waals surface area contributed by atoms with Gasteiger partial charge in [0, 0.05) is 32.2 Å². The second kappa shape index (κ2) is 5.29. The molecule has 1 N–H and O–H groups in total. The van der Waals surface area contributed by atoms with Crippen molar-refractivity contribution < 1.29 is 0 Å². The van der Waals surface area contributed by atoms with E-state index in [4.69, 9.17) is 0 Å². The van der Waals surface area contributed by atoms with Crippen molar-refractivity contribution in [1.29, 1.82) is 0 Å². The third kappa shape index (κ3) is 3.33. The minimum Gasteiger partial charge on any atom is -0.313 e. The van der Waals surface area contributed by atoms with Gasteiger partial charge in [-0.15, -0.1) is 0 Å². The van der Waals surface area contributed by atoms with Crippen LogP contribution in [-0.4, -0.2) is 30.6 Å². The first-order chi connectivity index (χ1) is 7.34. The number of nitrogens with zero attached hydrogens (tertiary/aromatic N) is 1. The van der Waals surface area contributed by atoms with Crippen LogP contribution in [-0.2, 0) is 6.54 Å². The van der Waals surface area contributed by atoms with Crippen molar-refractivity contribution in [3.8, 4) is 0 Å². The molecule has 2 heteroatoms. The predicted octanol–water partition coefficient (Wildman–Crippen LogP) is 1.87. The summed E-state index contributed by atoms with van der Waals surface area (Å²) in [5.41, 5.74) is 1.42. The van der Waals surface area contributed by atoms with Crippen molar-refractivity contribution in [1.82, 2.24) is 10.2 Å². The molecule has 1 heterocycles. The highest BCUT2D eigenvalue weighted by Gasteiger charge is 2.12. The Morgan fingerprint density at radius 2 is 2.07 bits per heavy atom. The average Bonchev–Trinajstić information content (AvgIpc) is 2.46. The third-order valence-corrected chi connectivity index (χ3v) is 3.05. The highest BCUT2D eigenvalue weighted by atomic mass is 15.2. The summed E-state index contributed by atoms with van der Waals surface area (Å²) in [4.78, 5) is 2.53. The molecular formula is C13H20N2. The molecule has 1 aromatic rings. The van der Waals surface area contributed by atoms with E-state index in [0.29, 0.717) is 6.04 Å². The van der Waals surface area contributed by atoms with E-state index in [0.717, 1.165) is 13.1 Å². The number of hydrogen-bond acceptors (Lipinski definition) is 2. The lowest BCUT2D eigenvalue weighted by molar-refractivity contribution is 0.282. The molecule has 1 aromatic carbocycles. The number of benzene rings is 1. The molecule has 2 nitrogen and oxygen atoms in total. The van der Waals surface area contributed by atoms with E-state index in [9.17, 15) is 0 Å². The Hall–Kier alpha value is -0.860. The van der Waals surface area contributed by atoms with Crippen LogP contribution in [0.5, 0.6) is 0 Å². The quantitative estimate of drug-likeness (QED) is 0.791. The molecule has 1 fully saturated rings. The Bertz CT molecular complexity index is 284. The van der Waals surface area contributed by atoms with Gasteiger partial charge in [0.1, 0.15) is 0 Å². The Morgan fingerprint density at radius 1 is 1.27 bits per heavy atom. The van der Waals surface area contributed by atoms with Crippen molar-refractivity contribution in [2.75, 3.05) is 19.6 Å². The maximum atomic E-state index is 3.52. The first kappa shape index (κ1) is 10.7. The van der Waals surface area contributed by atoms with Crippen molar-refractivity contribution in [2.24, 2.45) is 0 Å². The normalized spacial score (nSPS) is 23.7. The van der Waals surface area contributed by atoms with Crippen molar-refractivity contribution in [3.05, 3.63) is 35.9 Å². The number of hydrogen-bond donors (Lipinski definition) is 1. The van der Waals surface area contributed by atoms with Gasteiger partial charge >= 0.3 is 0 Å². The molecule has 1 atom stereocenters. The van der Waals surface area contributed by atoms with Crippen LogP contribution >= 0.6 is 0 Å². The van der Waals surface area contributed by atoms with E-state index in [2.05, 4.69) is 47.5 Å². The van der Waals surface area contributed by atoms with Crippen LogP contribution in [0.25, 0.3) is 0 Å². The molecule has 82 valence electrons. The lowest BCUT2D eigenvalue weighted by atomic mass is 10.2. The minimum atomic E-state index is 0.672. The zero-order valence-corrected chi connectivity index (χ0v) is 9.45. The molecule has 1 saturated heterocycles. The lowest BCUT2D eigenvalue weighted by Gasteiger charge is -2.19. The molecule has 0 amide bonds. The summed E-state index contributed by atoms with van der Waals surface area (Å²) in [6.07, 6.45) is 1.26. The number of rotatable bonds is 2. The molecule has 0 saturated carbocycles. The van der Waals surface area contributed by atoms with Crippen molar-refractivity contribution in [2.45, 2.75) is 25.9 Å². The van der Waals surface area contributed by atoms with E-state index in [-0.39, 0.29) is 0 Å². The van der Waals surface area contributed by atoms with Crippen LogP contribution < -0.4 is 5.32 Å². The van der Waals surface area contributed by atoms with E-state index in [1.54, 1.807) is 0 Å². The summed E-state index contributed by atoms with van der Waals surface area (Å²) in [7, 11) is 0. The summed E-state index contributed by atoms with van der Waals surface area (Å²) in [6, 6.07) is 11.4. The van der Waals surface area contributed by atoms with Crippen LogP contribution in [0, 0.1) is 0 Å². The molecule has 0 radical (unpaired) electrons. The fraction of sp³-hybridized carbons (Fsp3) is 0.538. The summed E-state index contributed by atoms with van der Waals surface area (Å²) in [6.45, 7) is 6.86. The Kier molecular flexibility index (Phi) is 3.75. The molecule has 1 aliphatic heterocycles. The summed E-state index contributed by atoms with van der Waals surface area (Å²) in [5.74, 6) is 0. The first-order valence-corrected chi connectivity index (χ1v) is 5.84. The lowest BCUT2D eigenvalue weighted by Crippen LogP contribution is -2.28. The second-order valence-electron chi connectivity index (χ2n) is 4.41. The van der Waals surface area contributed by atoms with E-state index in [1.165, 1.54) is 25.1 Å². The Labute approximate surface area is 92.3 Å². The van der Waals surface area contributed by atoms with E-state index >= 15 is 0 Å². The Balaban J connectivity index is 1.89. The van der Waals surface area contributed by atoms with E-state index in [1.807, 2.05) is 0 Å². The van der Waals surface area contributed by atoms with Gasteiger partial charge in [0.05, 0.1) is 0 Å². The minimum absolute atomic E-state index is 0.672. The molecule has 0 aliphatic carbocycles. The molecule has 2 rings (SSSR count). The zero-order chi connectivity index (χ0) is 10.5. The summed E-state index contributed by atoms with van der Waals surface area (Å²) < 4.78 is 0. The summed E-state index contributed by atoms with van der Waals surface area (Å²) in [5, 5.41) is 3.52. The zero-order valence-electron chi connectivity index (χ0n) is 9.45. The highest BCUT2D eigenvalue weighted by molar-refractivity contribution is 5.14. The van der Waals surface area contributed by atoms with Gasteiger partial charge in [-0.1, -0.05) is 30.3 Å². The fourth-order valence-corrected chi connectivity index (χ4v) is 2.06. The maximum Gasteiger partial charge on any atom is 0.0234 e. The molecule has 0 bridgehead atoms. The topological polar surface area (TPSA) is 15.3 Å². The monoisotopic (exact) mass is 204 g/mol. The van der Waals surface area contributed by atoms with Gasteiger partial charge in [-0.3, -0.25) is 4.90 Å². The SMILES string of the molecule is CC1CCN(Cc2ccccc2)CCN1. The molecule has 0 spiro atoms. The Morgan fingerprint density at radius 3 is 2.87 bits per heavy atom. The van der Waals surface area contributed by atoms with Crippen LogP contribution in [0.2, 0.25) is 0 Å². The van der Waals surface area contributed by atoms with Crippen molar-refractivity contribution in [3.63, 3.8) is 0 Å². The molecule has 15 heavy (non-hydrogen) atoms. The first-order valence-electron chi connectivity index (χ1n) is 5.84. The largest absolute Gasteiger partial charge is 0.313 e. The second-order valence-corrected chi connectivity index (χ2v) is 4.41. The van der Waals surface area contributed by atoms with Gasteiger partial charge in [-0.25, -0.2) is 0 Å². The van der Waals surface area contributed by atoms with E-state index < -0.39 is 0 Å². The molecular weight excluding hydrogens is 184 g/mol. The van der Waals surface area contributed by atoms with Crippen LogP contribution in [0.3, 0.4) is 0 Å². The fourth-order valence-electron chi connectivity index (χ4n) is 2.06. The molecule has 0 aromatic heterocycles. The molecule has 1 unspecified atom stereocenters. The van der Waals surface area contributed by atoms with Gasteiger partial charge in [-0.05, 0) is 18.9 Å². The van der Waals surface area contributed by atoms with Gasteiger partial charge in [-0.2, -0.15) is 0 Å². The van der Waals surface area contributed by atoms with Crippen LogP contribution in [0.15, 0.2) is 30.3 Å².